The summed E-state index contributed by atoms with van der Waals surface area (Å²) in [5.74, 6) is -1.92. The second-order valence-electron chi connectivity index (χ2n) is 10.8. The Hall–Kier alpha value is -2.73. The van der Waals surface area contributed by atoms with E-state index in [1.165, 1.54) is 12.1 Å². The van der Waals surface area contributed by atoms with Crippen LogP contribution in [-0.2, 0) is 19.1 Å². The number of esters is 2. The van der Waals surface area contributed by atoms with E-state index in [1.54, 1.807) is 26.0 Å². The summed E-state index contributed by atoms with van der Waals surface area (Å²) < 4.78 is 11.3. The number of nitrogens with zero attached hydrogens (tertiary/aromatic N) is 1. The molecule has 1 aliphatic heterocycles. The minimum atomic E-state index is -1.69. The number of hydrogen-bond donors (Lipinski definition) is 1. The lowest BCUT2D eigenvalue weighted by atomic mass is 9.80. The van der Waals surface area contributed by atoms with Gasteiger partial charge in [0, 0.05) is 23.5 Å². The first-order valence-electron chi connectivity index (χ1n) is 10.9. The summed E-state index contributed by atoms with van der Waals surface area (Å²) in [6, 6.07) is 6.01. The van der Waals surface area contributed by atoms with Crippen molar-refractivity contribution in [2.75, 3.05) is 12.5 Å². The zero-order valence-electron chi connectivity index (χ0n) is 20.7. The molecule has 1 aromatic carbocycles. The van der Waals surface area contributed by atoms with Gasteiger partial charge in [0.2, 0.25) is 0 Å². The van der Waals surface area contributed by atoms with Gasteiger partial charge < -0.3 is 14.8 Å². The normalized spacial score (nSPS) is 15.3. The second kappa shape index (κ2) is 10.0. The molecule has 180 valence electrons. The third-order valence-electron chi connectivity index (χ3n) is 4.89. The molecule has 1 aromatic rings. The van der Waals surface area contributed by atoms with Crippen molar-refractivity contribution in [2.24, 2.45) is 0 Å². The van der Waals surface area contributed by atoms with Crippen molar-refractivity contribution in [2.45, 2.75) is 59.0 Å². The first-order chi connectivity index (χ1) is 15.1. The van der Waals surface area contributed by atoms with Crippen LogP contribution in [-0.4, -0.2) is 45.5 Å². The molecule has 0 fully saturated rings. The predicted molar refractivity (Wildman–Crippen MR) is 133 cm³/mol. The first-order valence-corrected chi connectivity index (χ1v) is 18.3. The molecule has 0 saturated carbocycles. The fourth-order valence-electron chi connectivity index (χ4n) is 3.41. The number of nitro groups is 1. The summed E-state index contributed by atoms with van der Waals surface area (Å²) in [5, 5.41) is 14.5. The number of allylic oxidation sites excluding steroid dienone is 2. The lowest BCUT2D eigenvalue weighted by Crippen LogP contribution is -2.36. The Morgan fingerprint density at radius 3 is 1.79 bits per heavy atom. The van der Waals surface area contributed by atoms with E-state index in [-0.39, 0.29) is 16.8 Å². The van der Waals surface area contributed by atoms with Crippen molar-refractivity contribution in [3.05, 3.63) is 62.5 Å². The third kappa shape index (κ3) is 7.13. The van der Waals surface area contributed by atoms with Crippen LogP contribution in [0.15, 0.2) is 46.8 Å². The fraction of sp³-hybridized carbons (Fsp3) is 0.478. The van der Waals surface area contributed by atoms with Crippen LogP contribution in [0.2, 0.25) is 39.3 Å². The highest BCUT2D eigenvalue weighted by Gasteiger charge is 2.39. The van der Waals surface area contributed by atoms with Crippen molar-refractivity contribution in [1.29, 1.82) is 0 Å². The molecule has 1 N–H and O–H groups in total. The van der Waals surface area contributed by atoms with E-state index in [4.69, 9.17) is 9.47 Å². The standard InChI is InChI=1S/C23H34N2O6Si2/c1-15-19(22(26)30-13-32(3,4)5)21(17-10-9-11-18(12-17)25(28)29)20(16(2)24-15)23(27)31-14-33(6,7)8/h9-12,21,24H,13-14H2,1-8H3. The molecule has 1 heterocycles. The number of nitrogens with one attached hydrogen (secondary N) is 1. The number of non-ortho nitro benzene ring substituents is 1. The van der Waals surface area contributed by atoms with Crippen LogP contribution < -0.4 is 5.32 Å². The van der Waals surface area contributed by atoms with Gasteiger partial charge in [-0.2, -0.15) is 0 Å². The number of benzene rings is 1. The molecule has 0 aliphatic carbocycles. The zero-order chi connectivity index (χ0) is 25.1. The van der Waals surface area contributed by atoms with Crippen LogP contribution in [0.25, 0.3) is 0 Å². The predicted octanol–water partition coefficient (Wildman–Crippen LogP) is 4.67. The summed E-state index contributed by atoms with van der Waals surface area (Å²) in [7, 11) is -3.38. The van der Waals surface area contributed by atoms with Crippen molar-refractivity contribution < 1.29 is 24.0 Å². The van der Waals surface area contributed by atoms with E-state index in [9.17, 15) is 19.7 Å². The van der Waals surface area contributed by atoms with Gasteiger partial charge in [-0.3, -0.25) is 10.1 Å². The molecule has 33 heavy (non-hydrogen) atoms. The maximum Gasteiger partial charge on any atom is 0.336 e. The van der Waals surface area contributed by atoms with E-state index in [2.05, 4.69) is 44.6 Å². The Morgan fingerprint density at radius 2 is 1.39 bits per heavy atom. The average Bonchev–Trinajstić information content (AvgIpc) is 2.68. The summed E-state index contributed by atoms with van der Waals surface area (Å²) >= 11 is 0. The van der Waals surface area contributed by atoms with Crippen molar-refractivity contribution >= 4 is 33.8 Å². The van der Waals surface area contributed by atoms with Gasteiger partial charge in [-0.05, 0) is 19.4 Å². The van der Waals surface area contributed by atoms with Crippen LogP contribution in [0.1, 0.15) is 25.3 Å². The average molecular weight is 491 g/mol. The van der Waals surface area contributed by atoms with Gasteiger partial charge >= 0.3 is 11.9 Å². The monoisotopic (exact) mass is 490 g/mol. The number of nitro benzene ring substituents is 1. The van der Waals surface area contributed by atoms with Crippen LogP contribution in [0.5, 0.6) is 0 Å². The Morgan fingerprint density at radius 1 is 0.939 bits per heavy atom. The van der Waals surface area contributed by atoms with Gasteiger partial charge in [-0.1, -0.05) is 51.4 Å². The smallest absolute Gasteiger partial charge is 0.336 e. The summed E-state index contributed by atoms with van der Waals surface area (Å²) in [6.07, 6.45) is 0.644. The molecule has 0 amide bonds. The van der Waals surface area contributed by atoms with E-state index in [0.29, 0.717) is 29.4 Å². The summed E-state index contributed by atoms with van der Waals surface area (Å²) in [6.45, 7) is 16.0. The number of dihydropyridines is 1. The number of carbonyl (C=O) groups is 2. The van der Waals surface area contributed by atoms with Gasteiger partial charge in [-0.15, -0.1) is 0 Å². The van der Waals surface area contributed by atoms with Gasteiger partial charge in [0.25, 0.3) is 5.69 Å². The molecule has 0 unspecified atom stereocenters. The Bertz CT molecular complexity index is 967. The molecule has 0 spiro atoms. The minimum absolute atomic E-state index is 0.119. The number of hydrogen-bond acceptors (Lipinski definition) is 7. The summed E-state index contributed by atoms with van der Waals surface area (Å²) in [4.78, 5) is 37.4. The highest BCUT2D eigenvalue weighted by Crippen LogP contribution is 2.40. The molecular formula is C23H34N2O6Si2. The van der Waals surface area contributed by atoms with E-state index in [0.717, 1.165) is 0 Å². The number of rotatable bonds is 8. The van der Waals surface area contributed by atoms with Crippen LogP contribution in [0, 0.1) is 10.1 Å². The van der Waals surface area contributed by atoms with Gasteiger partial charge in [0.15, 0.2) is 0 Å². The second-order valence-corrected chi connectivity index (χ2v) is 21.6. The first kappa shape index (κ1) is 26.5. The molecule has 1 aliphatic rings. The molecule has 0 atom stereocenters. The quantitative estimate of drug-likeness (QED) is 0.244. The maximum absolute atomic E-state index is 13.3. The van der Waals surface area contributed by atoms with Crippen molar-refractivity contribution in [1.82, 2.24) is 5.32 Å². The molecule has 0 saturated heterocycles. The minimum Gasteiger partial charge on any atom is -0.466 e. The van der Waals surface area contributed by atoms with Crippen molar-refractivity contribution in [3.63, 3.8) is 0 Å². The SMILES string of the molecule is CC1=C(C(=O)OC[Si](C)(C)C)C(c2cccc([N+](=O)[O-])c2)C(C(=O)OC[Si](C)(C)C)=C(C)N1. The number of ether oxygens (including phenoxy) is 2. The molecule has 0 radical (unpaired) electrons. The van der Waals surface area contributed by atoms with Crippen LogP contribution >= 0.6 is 0 Å². The lowest BCUT2D eigenvalue weighted by molar-refractivity contribution is -0.384. The van der Waals surface area contributed by atoms with Crippen LogP contribution in [0.4, 0.5) is 5.69 Å². The third-order valence-corrected chi connectivity index (χ3v) is 6.91. The van der Waals surface area contributed by atoms with Gasteiger partial charge in [0.05, 0.1) is 50.6 Å². The molecule has 0 bridgehead atoms. The van der Waals surface area contributed by atoms with Gasteiger partial charge in [-0.25, -0.2) is 9.59 Å². The van der Waals surface area contributed by atoms with E-state index < -0.39 is 38.9 Å². The topological polar surface area (TPSA) is 108 Å². The number of carbonyl (C=O) groups excluding carboxylic acids is 2. The molecule has 10 heteroatoms. The van der Waals surface area contributed by atoms with Crippen molar-refractivity contribution in [3.8, 4) is 0 Å². The molecule has 0 aromatic heterocycles. The Kier molecular flexibility index (Phi) is 8.07. The summed E-state index contributed by atoms with van der Waals surface area (Å²) in [5.41, 5.74) is 1.96. The zero-order valence-corrected chi connectivity index (χ0v) is 22.7. The molecule has 8 nitrogen and oxygen atoms in total. The molecule has 2 rings (SSSR count). The van der Waals surface area contributed by atoms with E-state index >= 15 is 0 Å². The maximum atomic E-state index is 13.3. The molecular weight excluding hydrogens is 456 g/mol. The highest BCUT2D eigenvalue weighted by molar-refractivity contribution is 6.76. The Balaban J connectivity index is 2.59. The lowest BCUT2D eigenvalue weighted by Gasteiger charge is -2.31. The van der Waals surface area contributed by atoms with E-state index in [1.807, 2.05) is 0 Å². The highest BCUT2D eigenvalue weighted by atomic mass is 28.3. The Labute approximate surface area is 197 Å². The van der Waals surface area contributed by atoms with Gasteiger partial charge in [0.1, 0.15) is 0 Å². The fourth-order valence-corrected chi connectivity index (χ4v) is 4.53. The van der Waals surface area contributed by atoms with Crippen LogP contribution in [0.3, 0.4) is 0 Å². The largest absolute Gasteiger partial charge is 0.466 e.